The second-order valence-electron chi connectivity index (χ2n) is 6.16. The molecule has 0 atom stereocenters. The summed E-state index contributed by atoms with van der Waals surface area (Å²) in [6, 6.07) is 4.74. The summed E-state index contributed by atoms with van der Waals surface area (Å²) < 4.78 is 0. The molecular weight excluding hydrogens is 340 g/mol. The van der Waals surface area contributed by atoms with Gasteiger partial charge in [0.1, 0.15) is 5.56 Å². The molecule has 1 aliphatic rings. The van der Waals surface area contributed by atoms with Gasteiger partial charge in [0.25, 0.3) is 11.6 Å². The Morgan fingerprint density at radius 2 is 2.12 bits per heavy atom. The van der Waals surface area contributed by atoms with Crippen molar-refractivity contribution >= 4 is 28.6 Å². The maximum Gasteiger partial charge on any atom is 0.282 e. The van der Waals surface area contributed by atoms with E-state index in [0.29, 0.717) is 19.6 Å². The summed E-state index contributed by atoms with van der Waals surface area (Å²) in [6.45, 7) is 3.92. The maximum absolute atomic E-state index is 12.7. The van der Waals surface area contributed by atoms with E-state index in [1.54, 1.807) is 28.4 Å². The van der Waals surface area contributed by atoms with Gasteiger partial charge in [-0.1, -0.05) is 0 Å². The Balaban J connectivity index is 1.88. The molecule has 132 valence electrons. The van der Waals surface area contributed by atoms with Gasteiger partial charge in [0.15, 0.2) is 0 Å². The number of benzene rings is 1. The molecule has 1 aromatic carbocycles. The summed E-state index contributed by atoms with van der Waals surface area (Å²) in [5.74, 6) is -0.256. The number of aromatic nitrogens is 1. The molecule has 0 bridgehead atoms. The Labute approximate surface area is 150 Å². The first-order valence-corrected chi connectivity index (χ1v) is 8.97. The predicted octanol–water partition coefficient (Wildman–Crippen LogP) is 3.23. The van der Waals surface area contributed by atoms with Crippen molar-refractivity contribution in [3.8, 4) is 0 Å². The van der Waals surface area contributed by atoms with Crippen molar-refractivity contribution in [2.75, 3.05) is 25.0 Å². The number of carbonyl (C=O) groups is 1. The molecule has 25 heavy (non-hydrogen) atoms. The number of anilines is 1. The molecule has 0 aliphatic carbocycles. The fourth-order valence-corrected chi connectivity index (χ4v) is 3.83. The average Bonchev–Trinajstić information content (AvgIpc) is 3.25. The van der Waals surface area contributed by atoms with E-state index >= 15 is 0 Å². The monoisotopic (exact) mass is 360 g/mol. The van der Waals surface area contributed by atoms with Crippen LogP contribution in [-0.4, -0.2) is 40.9 Å². The topological polar surface area (TPSA) is 79.6 Å². The number of nitro groups is 1. The van der Waals surface area contributed by atoms with Crippen LogP contribution in [0.15, 0.2) is 24.4 Å². The van der Waals surface area contributed by atoms with E-state index in [0.717, 1.165) is 28.4 Å². The molecule has 8 heteroatoms. The molecule has 2 heterocycles. The van der Waals surface area contributed by atoms with E-state index in [1.165, 1.54) is 6.07 Å². The first-order valence-electron chi connectivity index (χ1n) is 8.16. The molecule has 0 radical (unpaired) electrons. The van der Waals surface area contributed by atoms with Gasteiger partial charge in [-0.2, -0.15) is 0 Å². The van der Waals surface area contributed by atoms with Gasteiger partial charge in [-0.3, -0.25) is 14.9 Å². The third-order valence-corrected chi connectivity index (χ3v) is 5.20. The highest BCUT2D eigenvalue weighted by atomic mass is 32.1. The van der Waals surface area contributed by atoms with E-state index in [-0.39, 0.29) is 17.2 Å². The third kappa shape index (κ3) is 3.79. The van der Waals surface area contributed by atoms with Crippen LogP contribution in [0.2, 0.25) is 0 Å². The van der Waals surface area contributed by atoms with Crippen molar-refractivity contribution in [1.82, 2.24) is 9.88 Å². The number of amides is 1. The summed E-state index contributed by atoms with van der Waals surface area (Å²) in [4.78, 5) is 32.6. The van der Waals surface area contributed by atoms with Crippen LogP contribution in [0.4, 0.5) is 11.4 Å². The smallest absolute Gasteiger partial charge is 0.282 e. The number of nitrogens with zero attached hydrogens (tertiary/aromatic N) is 4. The van der Waals surface area contributed by atoms with Gasteiger partial charge < -0.3 is 9.80 Å². The summed E-state index contributed by atoms with van der Waals surface area (Å²) in [6.07, 6.45) is 3.73. The first kappa shape index (κ1) is 17.3. The van der Waals surface area contributed by atoms with Gasteiger partial charge in [-0.25, -0.2) is 4.98 Å². The van der Waals surface area contributed by atoms with Crippen LogP contribution in [0.3, 0.4) is 0 Å². The van der Waals surface area contributed by atoms with E-state index in [1.807, 2.05) is 25.1 Å². The Kier molecular flexibility index (Phi) is 4.98. The fourth-order valence-electron chi connectivity index (χ4n) is 2.99. The fraction of sp³-hybridized carbons (Fsp3) is 0.412. The van der Waals surface area contributed by atoms with Gasteiger partial charge in [0.2, 0.25) is 0 Å². The van der Waals surface area contributed by atoms with E-state index < -0.39 is 4.92 Å². The Hall–Kier alpha value is -2.48. The predicted molar refractivity (Wildman–Crippen MR) is 97.2 cm³/mol. The molecule has 2 aromatic rings. The minimum atomic E-state index is -0.486. The van der Waals surface area contributed by atoms with E-state index in [2.05, 4.69) is 4.98 Å². The molecule has 3 rings (SSSR count). The highest BCUT2D eigenvalue weighted by Gasteiger charge is 2.27. The second-order valence-corrected chi connectivity index (χ2v) is 7.48. The lowest BCUT2D eigenvalue weighted by Crippen LogP contribution is -2.28. The molecule has 1 aliphatic heterocycles. The Bertz CT molecular complexity index is 799. The van der Waals surface area contributed by atoms with Crippen LogP contribution in [-0.2, 0) is 6.54 Å². The number of hydrogen-bond donors (Lipinski definition) is 0. The van der Waals surface area contributed by atoms with Crippen LogP contribution in [0.5, 0.6) is 0 Å². The molecule has 1 amide bonds. The molecule has 1 fully saturated rings. The molecule has 1 saturated heterocycles. The van der Waals surface area contributed by atoms with Crippen LogP contribution in [0, 0.1) is 17.0 Å². The lowest BCUT2D eigenvalue weighted by molar-refractivity contribution is -0.385. The van der Waals surface area contributed by atoms with Gasteiger partial charge in [0, 0.05) is 43.0 Å². The summed E-state index contributed by atoms with van der Waals surface area (Å²) in [5, 5.41) is 12.3. The summed E-state index contributed by atoms with van der Waals surface area (Å²) in [7, 11) is 1.90. The van der Waals surface area contributed by atoms with Crippen LogP contribution < -0.4 is 4.90 Å². The number of nitro benzene ring substituents is 1. The third-order valence-electron chi connectivity index (χ3n) is 4.30. The molecule has 0 spiro atoms. The molecule has 7 nitrogen and oxygen atoms in total. The Morgan fingerprint density at radius 3 is 2.72 bits per heavy atom. The SMILES string of the molecule is Cc1ncc(CN(C)c2ccc([N+](=O)[O-])c(C(=O)N3CCCC3)c2)s1. The van der Waals surface area contributed by atoms with Crippen LogP contribution in [0.25, 0.3) is 0 Å². The standard InChI is InChI=1S/C17H20N4O3S/c1-12-18-10-14(25-12)11-19(2)13-5-6-16(21(23)24)15(9-13)17(22)20-7-3-4-8-20/h5-6,9-10H,3-4,7-8,11H2,1-2H3. The van der Waals surface area contributed by atoms with Crippen molar-refractivity contribution < 1.29 is 9.72 Å². The normalized spacial score (nSPS) is 13.9. The van der Waals surface area contributed by atoms with Crippen LogP contribution >= 0.6 is 11.3 Å². The van der Waals surface area contributed by atoms with E-state index in [4.69, 9.17) is 0 Å². The maximum atomic E-state index is 12.7. The highest BCUT2D eigenvalue weighted by molar-refractivity contribution is 7.11. The number of likely N-dealkylation sites (tertiary alicyclic amines) is 1. The van der Waals surface area contributed by atoms with Crippen molar-refractivity contribution in [2.24, 2.45) is 0 Å². The lowest BCUT2D eigenvalue weighted by atomic mass is 10.1. The van der Waals surface area contributed by atoms with Gasteiger partial charge in [0.05, 0.1) is 16.5 Å². The zero-order valence-corrected chi connectivity index (χ0v) is 15.1. The number of aryl methyl sites for hydroxylation is 1. The highest BCUT2D eigenvalue weighted by Crippen LogP contribution is 2.28. The van der Waals surface area contributed by atoms with Gasteiger partial charge >= 0.3 is 0 Å². The van der Waals surface area contributed by atoms with Crippen molar-refractivity contribution in [1.29, 1.82) is 0 Å². The zero-order chi connectivity index (χ0) is 18.0. The van der Waals surface area contributed by atoms with Crippen LogP contribution in [0.1, 0.15) is 33.1 Å². The molecule has 1 aromatic heterocycles. The largest absolute Gasteiger partial charge is 0.369 e. The molecular formula is C17H20N4O3S. The number of thiazole rings is 1. The summed E-state index contributed by atoms with van der Waals surface area (Å²) in [5.41, 5.74) is 0.804. The van der Waals surface area contributed by atoms with Crippen molar-refractivity contribution in [3.05, 3.63) is 50.0 Å². The second kappa shape index (κ2) is 7.18. The Morgan fingerprint density at radius 1 is 1.40 bits per heavy atom. The summed E-state index contributed by atoms with van der Waals surface area (Å²) >= 11 is 1.61. The lowest BCUT2D eigenvalue weighted by Gasteiger charge is -2.20. The minimum absolute atomic E-state index is 0.136. The number of carbonyl (C=O) groups excluding carboxylic acids is 1. The van der Waals surface area contributed by atoms with Gasteiger partial charge in [-0.15, -0.1) is 11.3 Å². The van der Waals surface area contributed by atoms with Gasteiger partial charge in [-0.05, 0) is 31.9 Å². The van der Waals surface area contributed by atoms with Crippen molar-refractivity contribution in [3.63, 3.8) is 0 Å². The zero-order valence-electron chi connectivity index (χ0n) is 14.3. The number of hydrogen-bond acceptors (Lipinski definition) is 6. The number of rotatable bonds is 5. The molecule has 0 N–H and O–H groups in total. The first-order chi connectivity index (χ1) is 12.0. The quantitative estimate of drug-likeness (QED) is 0.604. The average molecular weight is 360 g/mol. The molecule has 0 unspecified atom stereocenters. The minimum Gasteiger partial charge on any atom is -0.369 e. The van der Waals surface area contributed by atoms with Crippen molar-refractivity contribution in [2.45, 2.75) is 26.3 Å². The molecule has 0 saturated carbocycles. The van der Waals surface area contributed by atoms with E-state index in [9.17, 15) is 14.9 Å².